The lowest BCUT2D eigenvalue weighted by Crippen LogP contribution is -2.60. The highest BCUT2D eigenvalue weighted by molar-refractivity contribution is 5.69. The molecular formula is C14H26N2O3. The van der Waals surface area contributed by atoms with Crippen molar-refractivity contribution in [2.45, 2.75) is 39.2 Å². The first-order chi connectivity index (χ1) is 8.84. The molecule has 0 unspecified atom stereocenters. The maximum atomic E-state index is 11.9. The van der Waals surface area contributed by atoms with Gasteiger partial charge in [-0.2, -0.15) is 0 Å². The SMILES string of the molecule is CC(C)(C)OC(=O)N1CC2(CCN(CCCO)C2)C1. The minimum absolute atomic E-state index is 0.188. The Hall–Kier alpha value is -0.810. The van der Waals surface area contributed by atoms with Crippen molar-refractivity contribution in [1.82, 2.24) is 9.80 Å². The van der Waals surface area contributed by atoms with Gasteiger partial charge in [-0.15, -0.1) is 0 Å². The third-order valence-corrected chi connectivity index (χ3v) is 3.85. The first-order valence-corrected chi connectivity index (χ1v) is 7.15. The molecule has 2 aliphatic rings. The van der Waals surface area contributed by atoms with Gasteiger partial charge in [-0.3, -0.25) is 0 Å². The summed E-state index contributed by atoms with van der Waals surface area (Å²) < 4.78 is 5.38. The quantitative estimate of drug-likeness (QED) is 0.840. The second-order valence-electron chi connectivity index (χ2n) is 6.94. The lowest BCUT2D eigenvalue weighted by Gasteiger charge is -2.47. The van der Waals surface area contributed by atoms with E-state index >= 15 is 0 Å². The fraction of sp³-hybridized carbons (Fsp3) is 0.929. The molecule has 0 aromatic heterocycles. The standard InChI is InChI=1S/C14H26N2O3/c1-13(2,3)19-12(18)16-10-14(11-16)5-7-15(9-14)6-4-8-17/h17H,4-11H2,1-3H3. The van der Waals surface area contributed by atoms with Gasteiger partial charge in [0.1, 0.15) is 5.60 Å². The number of carbonyl (C=O) groups excluding carboxylic acids is 1. The molecule has 5 nitrogen and oxygen atoms in total. The summed E-state index contributed by atoms with van der Waals surface area (Å²) in [6.07, 6.45) is 1.80. The number of hydrogen-bond donors (Lipinski definition) is 1. The molecule has 5 heteroatoms. The molecule has 0 atom stereocenters. The smallest absolute Gasteiger partial charge is 0.410 e. The molecule has 0 bridgehead atoms. The minimum atomic E-state index is -0.414. The fourth-order valence-electron chi connectivity index (χ4n) is 2.99. The van der Waals surface area contributed by atoms with Gasteiger partial charge < -0.3 is 19.6 Å². The highest BCUT2D eigenvalue weighted by atomic mass is 16.6. The van der Waals surface area contributed by atoms with Crippen LogP contribution in [0.3, 0.4) is 0 Å². The molecule has 0 saturated carbocycles. The zero-order valence-corrected chi connectivity index (χ0v) is 12.3. The average molecular weight is 270 g/mol. The molecular weight excluding hydrogens is 244 g/mol. The number of ether oxygens (including phenoxy) is 1. The summed E-state index contributed by atoms with van der Waals surface area (Å²) in [7, 11) is 0. The van der Waals surface area contributed by atoms with Crippen LogP contribution in [0.2, 0.25) is 0 Å². The van der Waals surface area contributed by atoms with E-state index in [1.54, 1.807) is 4.90 Å². The number of hydrogen-bond acceptors (Lipinski definition) is 4. The fourth-order valence-corrected chi connectivity index (χ4v) is 2.99. The Bertz CT molecular complexity index is 332. The lowest BCUT2D eigenvalue weighted by atomic mass is 9.79. The molecule has 2 rings (SSSR count). The second-order valence-corrected chi connectivity index (χ2v) is 6.94. The van der Waals surface area contributed by atoms with Crippen molar-refractivity contribution >= 4 is 6.09 Å². The number of amides is 1. The van der Waals surface area contributed by atoms with Crippen LogP contribution in [-0.4, -0.2) is 65.9 Å². The van der Waals surface area contributed by atoms with E-state index < -0.39 is 5.60 Å². The van der Waals surface area contributed by atoms with Crippen LogP contribution in [-0.2, 0) is 4.74 Å². The summed E-state index contributed by atoms with van der Waals surface area (Å²) in [5.41, 5.74) is -0.130. The summed E-state index contributed by atoms with van der Waals surface area (Å²) in [5.74, 6) is 0. The van der Waals surface area contributed by atoms with E-state index in [1.165, 1.54) is 0 Å². The molecule has 110 valence electrons. The van der Waals surface area contributed by atoms with Crippen LogP contribution in [0.5, 0.6) is 0 Å². The number of likely N-dealkylation sites (tertiary alicyclic amines) is 2. The minimum Gasteiger partial charge on any atom is -0.444 e. The van der Waals surface area contributed by atoms with E-state index in [2.05, 4.69) is 4.90 Å². The molecule has 0 radical (unpaired) electrons. The molecule has 19 heavy (non-hydrogen) atoms. The molecule has 2 heterocycles. The van der Waals surface area contributed by atoms with E-state index in [0.29, 0.717) is 0 Å². The Morgan fingerprint density at radius 1 is 1.32 bits per heavy atom. The number of carbonyl (C=O) groups is 1. The van der Waals surface area contributed by atoms with Crippen molar-refractivity contribution in [1.29, 1.82) is 0 Å². The van der Waals surface area contributed by atoms with Gasteiger partial charge in [-0.05, 0) is 40.2 Å². The zero-order valence-electron chi connectivity index (χ0n) is 12.3. The first-order valence-electron chi connectivity index (χ1n) is 7.15. The molecule has 2 saturated heterocycles. The molecule has 0 aliphatic carbocycles. The molecule has 2 fully saturated rings. The topological polar surface area (TPSA) is 53.0 Å². The van der Waals surface area contributed by atoms with E-state index in [0.717, 1.165) is 45.6 Å². The monoisotopic (exact) mass is 270 g/mol. The maximum absolute atomic E-state index is 11.9. The van der Waals surface area contributed by atoms with Crippen LogP contribution in [0.4, 0.5) is 4.79 Å². The average Bonchev–Trinajstić information content (AvgIpc) is 2.66. The van der Waals surface area contributed by atoms with Gasteiger partial charge >= 0.3 is 6.09 Å². The Labute approximate surface area is 115 Å². The third-order valence-electron chi connectivity index (χ3n) is 3.85. The number of aliphatic hydroxyl groups excluding tert-OH is 1. The predicted octanol–water partition coefficient (Wildman–Crippen LogP) is 1.31. The van der Waals surface area contributed by atoms with Crippen LogP contribution < -0.4 is 0 Å². The van der Waals surface area contributed by atoms with Crippen LogP contribution >= 0.6 is 0 Å². The number of nitrogens with zero attached hydrogens (tertiary/aromatic N) is 2. The van der Waals surface area contributed by atoms with Gasteiger partial charge in [-0.1, -0.05) is 0 Å². The van der Waals surface area contributed by atoms with E-state index in [9.17, 15) is 4.79 Å². The predicted molar refractivity (Wildman–Crippen MR) is 73.0 cm³/mol. The second kappa shape index (κ2) is 5.29. The summed E-state index contributed by atoms with van der Waals surface area (Å²) >= 11 is 0. The van der Waals surface area contributed by atoms with Crippen LogP contribution in [0, 0.1) is 5.41 Å². The normalized spacial score (nSPS) is 22.6. The van der Waals surface area contributed by atoms with Crippen molar-refractivity contribution in [2.24, 2.45) is 5.41 Å². The van der Waals surface area contributed by atoms with Crippen molar-refractivity contribution in [2.75, 3.05) is 39.3 Å². The Morgan fingerprint density at radius 3 is 2.58 bits per heavy atom. The van der Waals surface area contributed by atoms with Crippen molar-refractivity contribution in [3.8, 4) is 0 Å². The third kappa shape index (κ3) is 3.60. The number of rotatable bonds is 3. The summed E-state index contributed by atoms with van der Waals surface area (Å²) in [6.45, 7) is 10.7. The Balaban J connectivity index is 1.75. The molecule has 1 amide bonds. The molecule has 2 aliphatic heterocycles. The van der Waals surface area contributed by atoms with E-state index in [1.807, 2.05) is 20.8 Å². The Morgan fingerprint density at radius 2 is 2.00 bits per heavy atom. The van der Waals surface area contributed by atoms with Crippen LogP contribution in [0.25, 0.3) is 0 Å². The van der Waals surface area contributed by atoms with Crippen molar-refractivity contribution in [3.63, 3.8) is 0 Å². The molecule has 0 aromatic rings. The van der Waals surface area contributed by atoms with Gasteiger partial charge in [0, 0.05) is 38.2 Å². The highest BCUT2D eigenvalue weighted by Gasteiger charge is 2.49. The Kier molecular flexibility index (Phi) is 4.06. The van der Waals surface area contributed by atoms with Gasteiger partial charge in [0.15, 0.2) is 0 Å². The molecule has 1 spiro atoms. The van der Waals surface area contributed by atoms with Crippen molar-refractivity contribution < 1.29 is 14.6 Å². The van der Waals surface area contributed by atoms with Gasteiger partial charge in [0.2, 0.25) is 0 Å². The summed E-state index contributed by atoms with van der Waals surface area (Å²) in [6, 6.07) is 0. The van der Waals surface area contributed by atoms with Gasteiger partial charge in [0.25, 0.3) is 0 Å². The number of aliphatic hydroxyl groups is 1. The van der Waals surface area contributed by atoms with Crippen LogP contribution in [0.15, 0.2) is 0 Å². The first kappa shape index (κ1) is 14.6. The van der Waals surface area contributed by atoms with Crippen LogP contribution in [0.1, 0.15) is 33.6 Å². The molecule has 1 N–H and O–H groups in total. The highest BCUT2D eigenvalue weighted by Crippen LogP contribution is 2.40. The largest absolute Gasteiger partial charge is 0.444 e. The molecule has 0 aromatic carbocycles. The van der Waals surface area contributed by atoms with Gasteiger partial charge in [0.05, 0.1) is 0 Å². The summed E-state index contributed by atoms with van der Waals surface area (Å²) in [5, 5.41) is 8.85. The zero-order chi connectivity index (χ0) is 14.1. The van der Waals surface area contributed by atoms with E-state index in [-0.39, 0.29) is 18.1 Å². The maximum Gasteiger partial charge on any atom is 0.410 e. The van der Waals surface area contributed by atoms with E-state index in [4.69, 9.17) is 9.84 Å². The van der Waals surface area contributed by atoms with Gasteiger partial charge in [-0.25, -0.2) is 4.79 Å². The summed E-state index contributed by atoms with van der Waals surface area (Å²) in [4.78, 5) is 16.1. The lowest BCUT2D eigenvalue weighted by molar-refractivity contribution is -0.0305. The van der Waals surface area contributed by atoms with Crippen molar-refractivity contribution in [3.05, 3.63) is 0 Å².